The third kappa shape index (κ3) is 5.06. The van der Waals surface area contributed by atoms with Crippen molar-refractivity contribution in [1.82, 2.24) is 5.32 Å². The number of rotatable bonds is 3. The number of anilines is 1. The molecular weight excluding hydrogens is 321 g/mol. The summed E-state index contributed by atoms with van der Waals surface area (Å²) in [4.78, 5) is 12.2. The Bertz CT molecular complexity index is 591. The van der Waals surface area contributed by atoms with Gasteiger partial charge < -0.3 is 21.1 Å². The summed E-state index contributed by atoms with van der Waals surface area (Å²) < 4.78 is 18.6. The van der Waals surface area contributed by atoms with E-state index in [2.05, 4.69) is 10.6 Å². The van der Waals surface area contributed by atoms with Crippen LogP contribution in [-0.2, 0) is 9.53 Å². The van der Waals surface area contributed by atoms with Crippen molar-refractivity contribution in [3.8, 4) is 0 Å². The summed E-state index contributed by atoms with van der Waals surface area (Å²) >= 11 is 5.79. The van der Waals surface area contributed by atoms with Crippen LogP contribution in [0, 0.1) is 5.82 Å². The summed E-state index contributed by atoms with van der Waals surface area (Å²) in [5, 5.41) is 6.30. The first-order valence-electron chi connectivity index (χ1n) is 7.56. The quantitative estimate of drug-likeness (QED) is 0.581. The highest BCUT2D eigenvalue weighted by Gasteiger charge is 2.37. The highest BCUT2D eigenvalue weighted by Crippen LogP contribution is 2.26. The van der Waals surface area contributed by atoms with Crippen molar-refractivity contribution < 1.29 is 13.9 Å². The molecule has 1 aromatic carbocycles. The summed E-state index contributed by atoms with van der Waals surface area (Å²) in [6.45, 7) is 6.04. The SMILES string of the molecule is CC(C)(C)OC(=O)C1CC(N)(Nc2ccc(F)c(Cl)c2)CCN1. The molecular formula is C16H23ClFN3O2. The number of nitrogens with one attached hydrogen (secondary N) is 2. The van der Waals surface area contributed by atoms with E-state index >= 15 is 0 Å². The lowest BCUT2D eigenvalue weighted by atomic mass is 9.92. The zero-order chi connectivity index (χ0) is 17.3. The summed E-state index contributed by atoms with van der Waals surface area (Å²) in [6.07, 6.45) is 0.970. The molecule has 7 heteroatoms. The van der Waals surface area contributed by atoms with Crippen molar-refractivity contribution >= 4 is 23.3 Å². The lowest BCUT2D eigenvalue weighted by Gasteiger charge is -2.39. The number of carbonyl (C=O) groups is 1. The number of esters is 1. The number of carbonyl (C=O) groups excluding carboxylic acids is 1. The van der Waals surface area contributed by atoms with E-state index in [4.69, 9.17) is 22.1 Å². The molecule has 0 aromatic heterocycles. The molecule has 2 rings (SSSR count). The van der Waals surface area contributed by atoms with Crippen molar-refractivity contribution in [2.45, 2.75) is 50.9 Å². The van der Waals surface area contributed by atoms with Gasteiger partial charge in [0.2, 0.25) is 0 Å². The van der Waals surface area contributed by atoms with Crippen LogP contribution in [-0.4, -0.2) is 29.8 Å². The van der Waals surface area contributed by atoms with Crippen LogP contribution in [0.4, 0.5) is 10.1 Å². The molecule has 128 valence electrons. The van der Waals surface area contributed by atoms with Gasteiger partial charge in [-0.2, -0.15) is 0 Å². The number of hydrogen-bond acceptors (Lipinski definition) is 5. The zero-order valence-electron chi connectivity index (χ0n) is 13.6. The maximum absolute atomic E-state index is 13.2. The Balaban J connectivity index is 2.06. The third-order valence-electron chi connectivity index (χ3n) is 3.53. The molecule has 2 unspecified atom stereocenters. The van der Waals surface area contributed by atoms with Gasteiger partial charge >= 0.3 is 5.97 Å². The minimum atomic E-state index is -0.798. The third-order valence-corrected chi connectivity index (χ3v) is 3.82. The predicted molar refractivity (Wildman–Crippen MR) is 88.8 cm³/mol. The van der Waals surface area contributed by atoms with E-state index in [1.807, 2.05) is 20.8 Å². The van der Waals surface area contributed by atoms with Crippen LogP contribution >= 0.6 is 11.6 Å². The fraction of sp³-hybridized carbons (Fsp3) is 0.562. The second-order valence-corrected chi connectivity index (χ2v) is 7.31. The monoisotopic (exact) mass is 343 g/mol. The van der Waals surface area contributed by atoms with Gasteiger partial charge in [-0.1, -0.05) is 11.6 Å². The molecule has 2 atom stereocenters. The van der Waals surface area contributed by atoms with Gasteiger partial charge in [-0.3, -0.25) is 4.79 Å². The molecule has 0 amide bonds. The molecule has 23 heavy (non-hydrogen) atoms. The van der Waals surface area contributed by atoms with Crippen molar-refractivity contribution in [3.63, 3.8) is 0 Å². The summed E-state index contributed by atoms with van der Waals surface area (Å²) in [5.74, 6) is -0.814. The molecule has 0 bridgehead atoms. The standard InChI is InChI=1S/C16H23ClFN3O2/c1-15(2,3)23-14(22)13-9-16(19,6-7-20-13)21-10-4-5-12(18)11(17)8-10/h4-5,8,13,20-21H,6-7,9,19H2,1-3H3. The first kappa shape index (κ1) is 18.0. The van der Waals surface area contributed by atoms with E-state index in [0.29, 0.717) is 25.1 Å². The van der Waals surface area contributed by atoms with Gasteiger partial charge in [0.05, 0.1) is 10.7 Å². The zero-order valence-corrected chi connectivity index (χ0v) is 14.3. The normalized spacial score (nSPS) is 25.0. The van der Waals surface area contributed by atoms with Crippen LogP contribution in [0.1, 0.15) is 33.6 Å². The van der Waals surface area contributed by atoms with Gasteiger partial charge in [-0.05, 0) is 51.9 Å². The number of halogens is 2. The molecule has 0 radical (unpaired) electrons. The van der Waals surface area contributed by atoms with E-state index in [9.17, 15) is 9.18 Å². The van der Waals surface area contributed by atoms with Crippen molar-refractivity contribution in [1.29, 1.82) is 0 Å². The summed E-state index contributed by atoms with van der Waals surface area (Å²) in [6, 6.07) is 3.84. The highest BCUT2D eigenvalue weighted by atomic mass is 35.5. The Morgan fingerprint density at radius 2 is 2.22 bits per heavy atom. The maximum atomic E-state index is 13.2. The Morgan fingerprint density at radius 1 is 1.52 bits per heavy atom. The van der Waals surface area contributed by atoms with Crippen LogP contribution in [0.15, 0.2) is 18.2 Å². The van der Waals surface area contributed by atoms with Crippen LogP contribution in [0.3, 0.4) is 0 Å². The van der Waals surface area contributed by atoms with Gasteiger partial charge in [-0.15, -0.1) is 0 Å². The van der Waals surface area contributed by atoms with Crippen LogP contribution < -0.4 is 16.4 Å². The largest absolute Gasteiger partial charge is 0.459 e. The molecule has 1 aromatic rings. The Hall–Kier alpha value is -1.37. The fourth-order valence-corrected chi connectivity index (χ4v) is 2.70. The maximum Gasteiger partial charge on any atom is 0.323 e. The van der Waals surface area contributed by atoms with E-state index in [0.717, 1.165) is 0 Å². The minimum Gasteiger partial charge on any atom is -0.459 e. The molecule has 1 aliphatic rings. The lowest BCUT2D eigenvalue weighted by molar-refractivity contribution is -0.158. The Labute approximate surface area is 140 Å². The lowest BCUT2D eigenvalue weighted by Crippen LogP contribution is -2.60. The van der Waals surface area contributed by atoms with Gasteiger partial charge in [0, 0.05) is 12.1 Å². The first-order valence-corrected chi connectivity index (χ1v) is 7.94. The number of benzene rings is 1. The summed E-state index contributed by atoms with van der Waals surface area (Å²) in [7, 11) is 0. The molecule has 1 fully saturated rings. The van der Waals surface area contributed by atoms with Gasteiger partial charge in [-0.25, -0.2) is 4.39 Å². The number of nitrogens with two attached hydrogens (primary N) is 1. The molecule has 4 N–H and O–H groups in total. The summed E-state index contributed by atoms with van der Waals surface area (Å²) in [5.41, 5.74) is 5.64. The fourth-order valence-electron chi connectivity index (χ4n) is 2.52. The smallest absolute Gasteiger partial charge is 0.323 e. The first-order chi connectivity index (χ1) is 10.6. The average Bonchev–Trinajstić information content (AvgIpc) is 2.41. The molecule has 5 nitrogen and oxygen atoms in total. The van der Waals surface area contributed by atoms with E-state index in [1.165, 1.54) is 12.1 Å². The average molecular weight is 344 g/mol. The molecule has 1 saturated heterocycles. The Kier molecular flexibility index (Phi) is 5.18. The highest BCUT2D eigenvalue weighted by molar-refractivity contribution is 6.31. The van der Waals surface area contributed by atoms with E-state index in [-0.39, 0.29) is 11.0 Å². The van der Waals surface area contributed by atoms with Crippen LogP contribution in [0.25, 0.3) is 0 Å². The molecule has 0 spiro atoms. The van der Waals surface area contributed by atoms with Crippen molar-refractivity contribution in [3.05, 3.63) is 29.0 Å². The van der Waals surface area contributed by atoms with Crippen molar-refractivity contribution in [2.75, 3.05) is 11.9 Å². The molecule has 0 aliphatic carbocycles. The molecule has 0 saturated carbocycles. The van der Waals surface area contributed by atoms with Crippen LogP contribution in [0.5, 0.6) is 0 Å². The second-order valence-electron chi connectivity index (χ2n) is 6.90. The van der Waals surface area contributed by atoms with Gasteiger partial charge in [0.15, 0.2) is 0 Å². The number of ether oxygens (including phenoxy) is 1. The molecule has 1 aliphatic heterocycles. The minimum absolute atomic E-state index is 0.0243. The predicted octanol–water partition coefficient (Wildman–Crippen LogP) is 2.64. The van der Waals surface area contributed by atoms with Crippen LogP contribution in [0.2, 0.25) is 5.02 Å². The second kappa shape index (κ2) is 6.63. The Morgan fingerprint density at radius 3 is 2.83 bits per heavy atom. The van der Waals surface area contributed by atoms with Crippen molar-refractivity contribution in [2.24, 2.45) is 5.73 Å². The van der Waals surface area contributed by atoms with Gasteiger partial charge in [0.25, 0.3) is 0 Å². The molecule has 1 heterocycles. The number of hydrogen-bond donors (Lipinski definition) is 3. The van der Waals surface area contributed by atoms with E-state index < -0.39 is 23.1 Å². The number of piperidine rings is 1. The van der Waals surface area contributed by atoms with E-state index in [1.54, 1.807) is 6.07 Å². The topological polar surface area (TPSA) is 76.4 Å². The van der Waals surface area contributed by atoms with Gasteiger partial charge in [0.1, 0.15) is 17.5 Å².